The van der Waals surface area contributed by atoms with E-state index in [1.54, 1.807) is 20.0 Å². The van der Waals surface area contributed by atoms with E-state index in [2.05, 4.69) is 0 Å². The van der Waals surface area contributed by atoms with Gasteiger partial charge in [0.2, 0.25) is 0 Å². The third-order valence-electron chi connectivity index (χ3n) is 2.69. The average molecular weight is 324 g/mol. The summed E-state index contributed by atoms with van der Waals surface area (Å²) in [7, 11) is -1.58. The number of benzene rings is 1. The van der Waals surface area contributed by atoms with Crippen molar-refractivity contribution in [3.8, 4) is 0 Å². The number of sulfone groups is 1. The van der Waals surface area contributed by atoms with Crippen LogP contribution in [0.5, 0.6) is 0 Å². The van der Waals surface area contributed by atoms with Gasteiger partial charge in [-0.15, -0.1) is 0 Å². The largest absolute Gasteiger partial charge is 0.338 e. The Labute approximate surface area is 123 Å². The van der Waals surface area contributed by atoms with Gasteiger partial charge in [-0.25, -0.2) is 8.42 Å². The molecule has 0 N–H and O–H groups in total. The first-order valence-corrected chi connectivity index (χ1v) is 8.33. The highest BCUT2D eigenvalue weighted by Crippen LogP contribution is 2.23. The smallest absolute Gasteiger partial charge is 0.253 e. The Balaban J connectivity index is 2.90. The van der Waals surface area contributed by atoms with Crippen LogP contribution in [0.2, 0.25) is 10.0 Å². The highest BCUT2D eigenvalue weighted by atomic mass is 35.5. The lowest BCUT2D eigenvalue weighted by Crippen LogP contribution is -2.39. The zero-order valence-corrected chi connectivity index (χ0v) is 13.2. The van der Waals surface area contributed by atoms with Gasteiger partial charge in [0.05, 0.1) is 15.8 Å². The third kappa shape index (κ3) is 4.67. The first-order chi connectivity index (χ1) is 8.61. The van der Waals surface area contributed by atoms with Crippen LogP contribution in [-0.4, -0.2) is 44.3 Å². The molecule has 1 rings (SSSR count). The molecule has 0 saturated heterocycles. The van der Waals surface area contributed by atoms with Crippen molar-refractivity contribution in [1.29, 1.82) is 0 Å². The van der Waals surface area contributed by atoms with Crippen molar-refractivity contribution in [3.63, 3.8) is 0 Å². The Morgan fingerprint density at radius 1 is 1.32 bits per heavy atom. The molecular weight excluding hydrogens is 309 g/mol. The second kappa shape index (κ2) is 6.11. The Bertz CT molecular complexity index is 587. The molecule has 0 aliphatic carbocycles. The molecule has 0 fully saturated rings. The zero-order valence-electron chi connectivity index (χ0n) is 10.9. The molecule has 0 saturated carbocycles. The Hall–Kier alpha value is -0.780. The number of carbonyl (C=O) groups excluding carboxylic acids is 1. The summed E-state index contributed by atoms with van der Waals surface area (Å²) in [5, 5.41) is 0.654. The minimum atomic E-state index is -3.14. The molecule has 1 aromatic carbocycles. The van der Waals surface area contributed by atoms with Gasteiger partial charge in [0.25, 0.3) is 5.91 Å². The molecule has 0 radical (unpaired) electrons. The number of hydrogen-bond donors (Lipinski definition) is 0. The topological polar surface area (TPSA) is 54.5 Å². The van der Waals surface area contributed by atoms with Gasteiger partial charge >= 0.3 is 0 Å². The molecule has 0 bridgehead atoms. The van der Waals surface area contributed by atoms with Crippen molar-refractivity contribution in [2.24, 2.45) is 0 Å². The van der Waals surface area contributed by atoms with E-state index in [4.69, 9.17) is 23.2 Å². The quantitative estimate of drug-likeness (QED) is 0.855. The predicted molar refractivity (Wildman–Crippen MR) is 77.7 cm³/mol. The lowest BCUT2D eigenvalue weighted by atomic mass is 10.2. The third-order valence-corrected chi connectivity index (χ3v) is 4.52. The Morgan fingerprint density at radius 2 is 1.89 bits per heavy atom. The van der Waals surface area contributed by atoms with Gasteiger partial charge in [0.15, 0.2) is 0 Å². The number of amides is 1. The number of halogens is 2. The Kier molecular flexibility index (Phi) is 5.24. The zero-order chi connectivity index (χ0) is 14.8. The van der Waals surface area contributed by atoms with E-state index in [9.17, 15) is 13.2 Å². The summed E-state index contributed by atoms with van der Waals surface area (Å²) in [6.07, 6.45) is 1.14. The fourth-order valence-electron chi connectivity index (χ4n) is 1.58. The maximum absolute atomic E-state index is 12.2. The van der Waals surface area contributed by atoms with Crippen molar-refractivity contribution < 1.29 is 13.2 Å². The minimum absolute atomic E-state index is 0.0867. The van der Waals surface area contributed by atoms with E-state index in [0.29, 0.717) is 10.6 Å². The summed E-state index contributed by atoms with van der Waals surface area (Å²) >= 11 is 11.6. The number of carbonyl (C=O) groups is 1. The van der Waals surface area contributed by atoms with E-state index in [-0.39, 0.29) is 16.7 Å². The summed E-state index contributed by atoms with van der Waals surface area (Å²) in [5.41, 5.74) is 0.372. The second-order valence-electron chi connectivity index (χ2n) is 4.49. The van der Waals surface area contributed by atoms with E-state index in [1.807, 2.05) is 0 Å². The van der Waals surface area contributed by atoms with Gasteiger partial charge in [0.1, 0.15) is 9.84 Å². The second-order valence-corrected chi connectivity index (χ2v) is 7.49. The van der Waals surface area contributed by atoms with Gasteiger partial charge in [-0.2, -0.15) is 0 Å². The van der Waals surface area contributed by atoms with E-state index >= 15 is 0 Å². The molecule has 106 valence electrons. The first-order valence-electron chi connectivity index (χ1n) is 5.51. The molecule has 19 heavy (non-hydrogen) atoms. The van der Waals surface area contributed by atoms with Gasteiger partial charge in [-0.05, 0) is 25.1 Å². The summed E-state index contributed by atoms with van der Waals surface area (Å²) in [6.45, 7) is 1.68. The van der Waals surface area contributed by atoms with Crippen LogP contribution < -0.4 is 0 Å². The Morgan fingerprint density at radius 3 is 2.37 bits per heavy atom. The summed E-state index contributed by atoms with van der Waals surface area (Å²) < 4.78 is 22.5. The van der Waals surface area contributed by atoms with Crippen LogP contribution in [0.25, 0.3) is 0 Å². The number of hydrogen-bond acceptors (Lipinski definition) is 3. The molecule has 0 aliphatic heterocycles. The highest BCUT2D eigenvalue weighted by molar-refractivity contribution is 7.90. The molecule has 4 nitrogen and oxygen atoms in total. The predicted octanol–water partition coefficient (Wildman–Crippen LogP) is 2.50. The SMILES string of the molecule is C[C@@H](CS(C)(=O)=O)N(C)C(=O)c1ccc(Cl)c(Cl)c1. The van der Waals surface area contributed by atoms with Crippen LogP contribution in [0.1, 0.15) is 17.3 Å². The molecule has 1 aromatic rings. The molecule has 0 aliphatic rings. The summed E-state index contributed by atoms with van der Waals surface area (Å²) in [5.74, 6) is -0.383. The number of rotatable bonds is 4. The monoisotopic (exact) mass is 323 g/mol. The average Bonchev–Trinajstić information content (AvgIpc) is 2.28. The number of nitrogens with zero attached hydrogens (tertiary/aromatic N) is 1. The minimum Gasteiger partial charge on any atom is -0.338 e. The molecule has 0 spiro atoms. The molecular formula is C12H15Cl2NO3S. The van der Waals surface area contributed by atoms with Crippen molar-refractivity contribution in [1.82, 2.24) is 4.90 Å². The van der Waals surface area contributed by atoms with Gasteiger partial charge < -0.3 is 4.90 Å². The van der Waals surface area contributed by atoms with Crippen molar-refractivity contribution in [2.45, 2.75) is 13.0 Å². The molecule has 1 amide bonds. The molecule has 0 heterocycles. The van der Waals surface area contributed by atoms with E-state index < -0.39 is 15.9 Å². The van der Waals surface area contributed by atoms with Crippen LogP contribution in [-0.2, 0) is 9.84 Å². The lowest BCUT2D eigenvalue weighted by molar-refractivity contribution is 0.0757. The molecule has 0 aromatic heterocycles. The van der Waals surface area contributed by atoms with Crippen LogP contribution in [0, 0.1) is 0 Å². The van der Waals surface area contributed by atoms with Crippen LogP contribution in [0.15, 0.2) is 18.2 Å². The highest BCUT2D eigenvalue weighted by Gasteiger charge is 2.21. The first kappa shape index (κ1) is 16.3. The van der Waals surface area contributed by atoms with Crippen LogP contribution in [0.3, 0.4) is 0 Å². The van der Waals surface area contributed by atoms with E-state index in [0.717, 1.165) is 6.26 Å². The van der Waals surface area contributed by atoms with Gasteiger partial charge in [-0.3, -0.25) is 4.79 Å². The van der Waals surface area contributed by atoms with Gasteiger partial charge in [0, 0.05) is 24.9 Å². The fraction of sp³-hybridized carbons (Fsp3) is 0.417. The molecule has 7 heteroatoms. The fourth-order valence-corrected chi connectivity index (χ4v) is 2.98. The van der Waals surface area contributed by atoms with Crippen molar-refractivity contribution in [3.05, 3.63) is 33.8 Å². The van der Waals surface area contributed by atoms with Crippen molar-refractivity contribution in [2.75, 3.05) is 19.1 Å². The normalized spacial score (nSPS) is 13.1. The maximum Gasteiger partial charge on any atom is 0.253 e. The van der Waals surface area contributed by atoms with E-state index in [1.165, 1.54) is 17.0 Å². The summed E-state index contributed by atoms with van der Waals surface area (Å²) in [4.78, 5) is 13.5. The van der Waals surface area contributed by atoms with Crippen LogP contribution in [0.4, 0.5) is 0 Å². The molecule has 1 atom stereocenters. The summed E-state index contributed by atoms with van der Waals surface area (Å²) in [6, 6.07) is 4.14. The van der Waals surface area contributed by atoms with Crippen LogP contribution >= 0.6 is 23.2 Å². The maximum atomic E-state index is 12.2. The molecule has 0 unspecified atom stereocenters. The lowest BCUT2D eigenvalue weighted by Gasteiger charge is -2.24. The van der Waals surface area contributed by atoms with Gasteiger partial charge in [-0.1, -0.05) is 23.2 Å². The standard InChI is InChI=1S/C12H15Cl2NO3S/c1-8(7-19(3,17)18)15(2)12(16)9-4-5-10(13)11(14)6-9/h4-6,8H,7H2,1-3H3/t8-/m0/s1. The van der Waals surface area contributed by atoms with Crippen molar-refractivity contribution >= 4 is 38.9 Å².